The molecule has 0 spiro atoms. The summed E-state index contributed by atoms with van der Waals surface area (Å²) in [6.45, 7) is 0. The second-order valence-corrected chi connectivity index (χ2v) is 0.298. The van der Waals surface area contributed by atoms with Crippen molar-refractivity contribution in [2.24, 2.45) is 16.5 Å². The molecule has 0 aliphatic heterocycles. The van der Waals surface area contributed by atoms with Crippen molar-refractivity contribution in [3.05, 3.63) is 0 Å². The first-order chi connectivity index (χ1) is 1.91. The van der Waals surface area contributed by atoms with E-state index in [1.807, 2.05) is 0 Å². The summed E-state index contributed by atoms with van der Waals surface area (Å²) in [5.41, 5.74) is 4.61. The minimum absolute atomic E-state index is 1.03. The molecule has 4 heavy (non-hydrogen) atoms. The third kappa shape index (κ3) is 1.46. The Bertz CT molecular complexity index is 18.5. The Balaban J connectivity index is 2.55. The molecule has 0 aliphatic rings. The second kappa shape index (κ2) is 2.46. The molecule has 0 bridgehead atoms. The first-order valence-corrected chi connectivity index (χ1v) is 0.850. The molecule has 3 nitrogen and oxygen atoms in total. The molecule has 0 saturated heterocycles. The molecule has 0 fully saturated rings. The van der Waals surface area contributed by atoms with Gasteiger partial charge in [0, 0.05) is 0 Å². The molecule has 0 rings (SSSR count). The summed E-state index contributed by atoms with van der Waals surface area (Å²) in [7, 11) is 1.03. The predicted octanol–water partition coefficient (Wildman–Crippen LogP) is -1.38. The van der Waals surface area contributed by atoms with Crippen LogP contribution in [0.1, 0.15) is 0 Å². The van der Waals surface area contributed by atoms with E-state index < -0.39 is 0 Å². The van der Waals surface area contributed by atoms with Crippen molar-refractivity contribution >= 4 is 7.21 Å². The van der Waals surface area contributed by atoms with Crippen molar-refractivity contribution in [3.8, 4) is 0 Å². The van der Waals surface area contributed by atoms with E-state index in [9.17, 15) is 0 Å². The Kier molecular flexibility index (Phi) is 2.14. The molecule has 0 radical (unpaired) electrons. The Morgan fingerprint density at radius 3 is 2.00 bits per heavy atom. The zero-order valence-electron chi connectivity index (χ0n) is 2.18. The molecule has 0 atom stereocenters. The van der Waals surface area contributed by atoms with E-state index >= 15 is 0 Å². The van der Waals surface area contributed by atoms with E-state index in [4.69, 9.17) is 0 Å². The maximum absolute atomic E-state index is 4.61. The maximum atomic E-state index is 4.61. The number of nitrogens with two attached hydrogens (primary N) is 2. The van der Waals surface area contributed by atoms with E-state index in [-0.39, 0.29) is 0 Å². The third-order valence-electron chi connectivity index (χ3n) is 0.0861. The van der Waals surface area contributed by atoms with Gasteiger partial charge in [0.15, 0.2) is 0 Å². The zero-order chi connectivity index (χ0) is 3.41. The first-order valence-electron chi connectivity index (χ1n) is 0.850. The SMILES string of the molecule is NB=NN. The Labute approximate surface area is 24.9 Å². The summed E-state index contributed by atoms with van der Waals surface area (Å²) < 4.78 is 0. The van der Waals surface area contributed by atoms with Crippen LogP contribution in [0.4, 0.5) is 0 Å². The number of rotatable bonds is 0. The molecule has 0 amide bonds. The molecule has 0 saturated carbocycles. The van der Waals surface area contributed by atoms with Crippen LogP contribution >= 0.6 is 0 Å². The standard InChI is InChI=1S/BH4N3/c2-1-4-3/h2-3H2. The van der Waals surface area contributed by atoms with Gasteiger partial charge in [-0.3, -0.25) is 0 Å². The average Bonchev–Trinajstić information content (AvgIpc) is 1.37. The van der Waals surface area contributed by atoms with Crippen molar-refractivity contribution in [3.63, 3.8) is 0 Å². The second-order valence-electron chi connectivity index (χ2n) is 0.298. The van der Waals surface area contributed by atoms with E-state index in [0.717, 1.165) is 7.21 Å². The first kappa shape index (κ1) is 3.46. The van der Waals surface area contributed by atoms with Gasteiger partial charge in [-0.1, -0.05) is 0 Å². The summed E-state index contributed by atoms with van der Waals surface area (Å²) in [6, 6.07) is 0. The summed E-state index contributed by atoms with van der Waals surface area (Å²) in [5.74, 6) is 4.47. The van der Waals surface area contributed by atoms with Gasteiger partial charge in [-0.2, -0.15) is 0 Å². The van der Waals surface area contributed by atoms with Crippen LogP contribution in [0.3, 0.4) is 0 Å². The van der Waals surface area contributed by atoms with Crippen molar-refractivity contribution in [1.82, 2.24) is 0 Å². The summed E-state index contributed by atoms with van der Waals surface area (Å²) in [6.07, 6.45) is 0. The van der Waals surface area contributed by atoms with Crippen LogP contribution in [0.25, 0.3) is 0 Å². The van der Waals surface area contributed by atoms with Gasteiger partial charge in [0.05, 0.1) is 0 Å². The quantitative estimate of drug-likeness (QED) is 0.204. The third-order valence-corrected chi connectivity index (χ3v) is 0.0861. The van der Waals surface area contributed by atoms with E-state index in [2.05, 4.69) is 16.5 Å². The summed E-state index contributed by atoms with van der Waals surface area (Å²) >= 11 is 0. The minimum atomic E-state index is 1.03. The van der Waals surface area contributed by atoms with Crippen molar-refractivity contribution in [2.75, 3.05) is 0 Å². The number of nitrogens with zero attached hydrogens (tertiary/aromatic N) is 1. The van der Waals surface area contributed by atoms with Crippen molar-refractivity contribution in [1.29, 1.82) is 0 Å². The van der Waals surface area contributed by atoms with Crippen LogP contribution in [0.15, 0.2) is 5.00 Å². The van der Waals surface area contributed by atoms with Gasteiger partial charge in [0.2, 0.25) is 0 Å². The normalized spacial score (nSPS) is 7.00. The van der Waals surface area contributed by atoms with Gasteiger partial charge >= 0.3 is 23.7 Å². The van der Waals surface area contributed by atoms with Crippen LogP contribution in [0.2, 0.25) is 0 Å². The molecule has 4 N–H and O–H groups in total. The van der Waals surface area contributed by atoms with E-state index in [1.165, 1.54) is 0 Å². The molecule has 4 heteroatoms. The predicted molar refractivity (Wildman–Crippen MR) is 16.6 cm³/mol. The molecule has 0 aliphatic carbocycles. The monoisotopic (exact) mass is 57.0 g/mol. The molecular formula is H4BN3. The molecular weight excluding hydrogens is 52.8 g/mol. The summed E-state index contributed by atoms with van der Waals surface area (Å²) in [5, 5.41) is 2.89. The molecule has 0 unspecified atom stereocenters. The van der Waals surface area contributed by atoms with Crippen LogP contribution in [-0.4, -0.2) is 7.21 Å². The van der Waals surface area contributed by atoms with Gasteiger partial charge in [0.1, 0.15) is 0 Å². The zero-order valence-corrected chi connectivity index (χ0v) is 2.18. The number of hydrogen-bond acceptors (Lipinski definition) is 2. The molecule has 0 aromatic carbocycles. The van der Waals surface area contributed by atoms with Gasteiger partial charge in [-0.15, -0.1) is 0 Å². The summed E-state index contributed by atoms with van der Waals surface area (Å²) in [4.78, 5) is 0. The molecule has 0 heterocycles. The fourth-order valence-electron chi connectivity index (χ4n) is 0. The molecule has 22 valence electrons. The molecule has 0 aromatic rings. The van der Waals surface area contributed by atoms with Crippen LogP contribution in [0.5, 0.6) is 0 Å². The van der Waals surface area contributed by atoms with Crippen molar-refractivity contribution < 1.29 is 0 Å². The average molecular weight is 56.9 g/mol. The van der Waals surface area contributed by atoms with Gasteiger partial charge < -0.3 is 0 Å². The van der Waals surface area contributed by atoms with Crippen molar-refractivity contribution in [2.45, 2.75) is 0 Å². The van der Waals surface area contributed by atoms with Gasteiger partial charge in [0.25, 0.3) is 0 Å². The van der Waals surface area contributed by atoms with E-state index in [1.54, 1.807) is 0 Å². The van der Waals surface area contributed by atoms with Crippen LogP contribution in [0, 0.1) is 0 Å². The Morgan fingerprint density at radius 1 is 1.75 bits per heavy atom. The Morgan fingerprint density at radius 2 is 2.00 bits per heavy atom. The fraction of sp³-hybridized carbons (Fsp3) is 0. The van der Waals surface area contributed by atoms with Crippen LogP contribution in [-0.2, 0) is 0 Å². The number of hydrogen-bond donors (Lipinski definition) is 2. The van der Waals surface area contributed by atoms with Gasteiger partial charge in [-0.05, 0) is 0 Å². The Hall–Kier alpha value is -0.535. The topological polar surface area (TPSA) is 64.4 Å². The van der Waals surface area contributed by atoms with Crippen LogP contribution < -0.4 is 11.5 Å². The molecule has 0 aromatic heterocycles. The van der Waals surface area contributed by atoms with Gasteiger partial charge in [-0.25, -0.2) is 0 Å². The van der Waals surface area contributed by atoms with E-state index in [0.29, 0.717) is 0 Å². The fourth-order valence-corrected chi connectivity index (χ4v) is 0.